The highest BCUT2D eigenvalue weighted by molar-refractivity contribution is 6.36. The molecule has 1 N–H and O–H groups in total. The number of carbonyl (C=O) groups is 2. The summed E-state index contributed by atoms with van der Waals surface area (Å²) < 4.78 is 10.1. The van der Waals surface area contributed by atoms with E-state index in [2.05, 4.69) is 5.32 Å². The minimum Gasteiger partial charge on any atom is -0.497 e. The number of halogens is 2. The molecule has 2 aromatic carbocycles. The average Bonchev–Trinajstić information content (AvgIpc) is 2.58. The summed E-state index contributed by atoms with van der Waals surface area (Å²) in [5, 5.41) is 3.09. The topological polar surface area (TPSA) is 64.6 Å². The summed E-state index contributed by atoms with van der Waals surface area (Å²) in [5.74, 6) is -0.306. The van der Waals surface area contributed by atoms with E-state index in [1.54, 1.807) is 37.4 Å². The Labute approximate surface area is 149 Å². The number of amides is 1. The Hall–Kier alpha value is -2.24. The predicted octanol–water partition coefficient (Wildman–Crippen LogP) is 3.48. The minimum atomic E-state index is -0.552. The van der Waals surface area contributed by atoms with Gasteiger partial charge in [0.25, 0.3) is 5.91 Å². The fraction of sp³-hybridized carbons (Fsp3) is 0.176. The molecule has 0 bridgehead atoms. The number of carbonyl (C=O) groups excluding carboxylic acids is 2. The van der Waals surface area contributed by atoms with Gasteiger partial charge in [0.1, 0.15) is 18.9 Å². The highest BCUT2D eigenvalue weighted by Crippen LogP contribution is 2.20. The minimum absolute atomic E-state index is 0.112. The van der Waals surface area contributed by atoms with Gasteiger partial charge in [-0.2, -0.15) is 0 Å². The quantitative estimate of drug-likeness (QED) is 0.793. The van der Waals surface area contributed by atoms with Crippen LogP contribution in [0.5, 0.6) is 5.75 Å². The summed E-state index contributed by atoms with van der Waals surface area (Å²) >= 11 is 11.7. The molecule has 0 saturated heterocycles. The van der Waals surface area contributed by atoms with Gasteiger partial charge in [0.2, 0.25) is 0 Å². The maximum Gasteiger partial charge on any atom is 0.325 e. The first-order valence-corrected chi connectivity index (χ1v) is 7.77. The molecule has 2 aromatic rings. The van der Waals surface area contributed by atoms with Gasteiger partial charge >= 0.3 is 5.97 Å². The van der Waals surface area contributed by atoms with Crippen molar-refractivity contribution in [1.82, 2.24) is 5.32 Å². The summed E-state index contributed by atoms with van der Waals surface area (Å²) in [6.45, 7) is -0.145. The zero-order valence-electron chi connectivity index (χ0n) is 12.8. The Kier molecular flexibility index (Phi) is 6.46. The van der Waals surface area contributed by atoms with Crippen LogP contribution in [-0.4, -0.2) is 25.5 Å². The Morgan fingerprint density at radius 3 is 2.42 bits per heavy atom. The molecule has 0 aliphatic rings. The monoisotopic (exact) mass is 367 g/mol. The molecule has 126 valence electrons. The molecule has 5 nitrogen and oxygen atoms in total. The molecule has 0 saturated carbocycles. The van der Waals surface area contributed by atoms with Crippen LogP contribution in [0.2, 0.25) is 10.0 Å². The van der Waals surface area contributed by atoms with Crippen LogP contribution in [0.4, 0.5) is 0 Å². The van der Waals surface area contributed by atoms with Gasteiger partial charge in [-0.25, -0.2) is 0 Å². The van der Waals surface area contributed by atoms with E-state index in [1.165, 1.54) is 12.1 Å². The molecule has 0 radical (unpaired) electrons. The summed E-state index contributed by atoms with van der Waals surface area (Å²) in [7, 11) is 1.57. The van der Waals surface area contributed by atoms with Gasteiger partial charge in [-0.15, -0.1) is 0 Å². The maximum absolute atomic E-state index is 12.0. The molecular formula is C17H15Cl2NO4. The van der Waals surface area contributed by atoms with Crippen LogP contribution in [0, 0.1) is 0 Å². The molecule has 0 heterocycles. The van der Waals surface area contributed by atoms with Gasteiger partial charge in [0.05, 0.1) is 17.7 Å². The van der Waals surface area contributed by atoms with Crippen LogP contribution in [0.3, 0.4) is 0 Å². The lowest BCUT2D eigenvalue weighted by molar-refractivity contribution is -0.143. The fourth-order valence-electron chi connectivity index (χ4n) is 1.86. The summed E-state index contributed by atoms with van der Waals surface area (Å²) in [6, 6.07) is 11.6. The van der Waals surface area contributed by atoms with E-state index in [0.717, 1.165) is 11.3 Å². The predicted molar refractivity (Wildman–Crippen MR) is 91.6 cm³/mol. The van der Waals surface area contributed by atoms with Gasteiger partial charge in [0.15, 0.2) is 0 Å². The third-order valence-electron chi connectivity index (χ3n) is 3.13. The van der Waals surface area contributed by atoms with Crippen molar-refractivity contribution in [1.29, 1.82) is 0 Å². The molecular weight excluding hydrogens is 353 g/mol. The van der Waals surface area contributed by atoms with Gasteiger partial charge < -0.3 is 14.8 Å². The summed E-state index contributed by atoms with van der Waals surface area (Å²) in [6.07, 6.45) is 0. The molecule has 0 aromatic heterocycles. The molecule has 0 aliphatic heterocycles. The van der Waals surface area contributed by atoms with Crippen molar-refractivity contribution in [3.8, 4) is 5.75 Å². The van der Waals surface area contributed by atoms with Crippen LogP contribution >= 0.6 is 23.2 Å². The second-order valence-corrected chi connectivity index (χ2v) is 5.66. The average molecular weight is 368 g/mol. The van der Waals surface area contributed by atoms with E-state index in [1.807, 2.05) is 0 Å². The Morgan fingerprint density at radius 1 is 1.08 bits per heavy atom. The summed E-state index contributed by atoms with van der Waals surface area (Å²) in [4.78, 5) is 23.7. The van der Waals surface area contributed by atoms with Crippen LogP contribution in [0.25, 0.3) is 0 Å². The molecule has 0 atom stereocenters. The molecule has 2 rings (SSSR count). The second-order valence-electron chi connectivity index (χ2n) is 4.82. The van der Waals surface area contributed by atoms with Crippen molar-refractivity contribution in [2.75, 3.05) is 13.7 Å². The van der Waals surface area contributed by atoms with Crippen LogP contribution in [0.1, 0.15) is 15.9 Å². The van der Waals surface area contributed by atoms with Crippen molar-refractivity contribution >= 4 is 35.1 Å². The number of benzene rings is 2. The normalized spacial score (nSPS) is 10.1. The molecule has 7 heteroatoms. The highest BCUT2D eigenvalue weighted by Gasteiger charge is 2.12. The Morgan fingerprint density at radius 2 is 1.79 bits per heavy atom. The number of ether oxygens (including phenoxy) is 2. The Bertz CT molecular complexity index is 732. The van der Waals surface area contributed by atoms with Crippen molar-refractivity contribution in [2.45, 2.75) is 6.61 Å². The zero-order valence-corrected chi connectivity index (χ0v) is 14.4. The summed E-state index contributed by atoms with van der Waals surface area (Å²) in [5.41, 5.74) is 1.06. The molecule has 24 heavy (non-hydrogen) atoms. The third-order valence-corrected chi connectivity index (χ3v) is 3.68. The van der Waals surface area contributed by atoms with Crippen molar-refractivity contribution in [2.24, 2.45) is 0 Å². The van der Waals surface area contributed by atoms with Crippen LogP contribution in [0.15, 0.2) is 42.5 Å². The molecule has 0 unspecified atom stereocenters. The SMILES string of the molecule is COc1ccc(COC(=O)CNC(=O)c2ccc(Cl)cc2Cl)cc1. The first-order chi connectivity index (χ1) is 11.5. The number of hydrogen-bond acceptors (Lipinski definition) is 4. The van der Waals surface area contributed by atoms with Crippen molar-refractivity contribution in [3.05, 3.63) is 63.6 Å². The first kappa shape index (κ1) is 18.1. The van der Waals surface area contributed by atoms with E-state index in [0.29, 0.717) is 5.02 Å². The fourth-order valence-corrected chi connectivity index (χ4v) is 2.35. The Balaban J connectivity index is 1.80. The van der Waals surface area contributed by atoms with E-state index in [4.69, 9.17) is 32.7 Å². The van der Waals surface area contributed by atoms with E-state index in [-0.39, 0.29) is 23.7 Å². The number of esters is 1. The van der Waals surface area contributed by atoms with Gasteiger partial charge in [-0.05, 0) is 35.9 Å². The van der Waals surface area contributed by atoms with Crippen LogP contribution < -0.4 is 10.1 Å². The maximum atomic E-state index is 12.0. The van der Waals surface area contributed by atoms with Gasteiger partial charge in [0, 0.05) is 5.02 Å². The van der Waals surface area contributed by atoms with E-state index < -0.39 is 11.9 Å². The van der Waals surface area contributed by atoms with E-state index in [9.17, 15) is 9.59 Å². The third kappa shape index (κ3) is 5.15. The smallest absolute Gasteiger partial charge is 0.325 e. The van der Waals surface area contributed by atoms with Crippen molar-refractivity contribution in [3.63, 3.8) is 0 Å². The number of methoxy groups -OCH3 is 1. The molecule has 0 fully saturated rings. The van der Waals surface area contributed by atoms with Gasteiger partial charge in [-0.3, -0.25) is 9.59 Å². The number of nitrogens with one attached hydrogen (secondary N) is 1. The highest BCUT2D eigenvalue weighted by atomic mass is 35.5. The molecule has 1 amide bonds. The van der Waals surface area contributed by atoms with Gasteiger partial charge in [-0.1, -0.05) is 35.3 Å². The lowest BCUT2D eigenvalue weighted by Crippen LogP contribution is -2.30. The molecule has 0 aliphatic carbocycles. The first-order valence-electron chi connectivity index (χ1n) is 7.01. The lowest BCUT2D eigenvalue weighted by Gasteiger charge is -2.08. The van der Waals surface area contributed by atoms with Crippen molar-refractivity contribution < 1.29 is 19.1 Å². The largest absolute Gasteiger partial charge is 0.497 e. The van der Waals surface area contributed by atoms with E-state index >= 15 is 0 Å². The number of hydrogen-bond donors (Lipinski definition) is 1. The molecule has 0 spiro atoms. The second kappa shape index (κ2) is 8.57. The van der Waals surface area contributed by atoms with Crippen LogP contribution in [-0.2, 0) is 16.1 Å². The lowest BCUT2D eigenvalue weighted by atomic mass is 10.2. The standard InChI is InChI=1S/C17H15Cl2NO4/c1-23-13-5-2-11(3-6-13)10-24-16(21)9-20-17(22)14-7-4-12(18)8-15(14)19/h2-8H,9-10H2,1H3,(H,20,22). The zero-order chi connectivity index (χ0) is 17.5. The number of rotatable bonds is 6.